The molecule has 0 spiro atoms. The summed E-state index contributed by atoms with van der Waals surface area (Å²) in [5.41, 5.74) is 0.476. The number of nitrogens with one attached hydrogen (secondary N) is 1. The average Bonchev–Trinajstić information content (AvgIpc) is 3.42. The van der Waals surface area contributed by atoms with Gasteiger partial charge < -0.3 is 19.5 Å². The topological polar surface area (TPSA) is 100 Å². The summed E-state index contributed by atoms with van der Waals surface area (Å²) in [7, 11) is 4.70. The number of methoxy groups -OCH3 is 3. The van der Waals surface area contributed by atoms with Crippen LogP contribution >= 0.6 is 0 Å². The van der Waals surface area contributed by atoms with E-state index in [1.165, 1.54) is 57.8 Å². The number of ether oxygens (including phenoxy) is 3. The molecule has 1 fully saturated rings. The van der Waals surface area contributed by atoms with Gasteiger partial charge in [-0.1, -0.05) is 84.0 Å². The maximum Gasteiger partial charge on any atom is 0.235 e. The van der Waals surface area contributed by atoms with E-state index < -0.39 is 5.92 Å². The summed E-state index contributed by atoms with van der Waals surface area (Å²) in [6, 6.07) is 3.46. The van der Waals surface area contributed by atoms with E-state index in [1.807, 2.05) is 0 Å². The Hall–Kier alpha value is -2.84. The predicted molar refractivity (Wildman–Crippen MR) is 154 cm³/mol. The van der Waals surface area contributed by atoms with Gasteiger partial charge in [0.2, 0.25) is 5.91 Å². The van der Waals surface area contributed by atoms with Gasteiger partial charge in [0, 0.05) is 12.1 Å². The number of aryl methyl sites for hydroxylation is 1. The Balaban J connectivity index is 1.62. The number of carbonyl (C=O) groups excluding carboxylic acids is 1. The molecule has 0 aliphatic heterocycles. The number of nitrogens with zero attached hydrogens (tertiary/aromatic N) is 4. The quantitative estimate of drug-likeness (QED) is 0.204. The third-order valence-corrected chi connectivity index (χ3v) is 7.83. The van der Waals surface area contributed by atoms with Crippen LogP contribution in [-0.4, -0.2) is 47.4 Å². The van der Waals surface area contributed by atoms with E-state index in [0.29, 0.717) is 28.8 Å². The van der Waals surface area contributed by atoms with Crippen molar-refractivity contribution < 1.29 is 19.0 Å². The molecule has 2 aromatic rings. The lowest BCUT2D eigenvalue weighted by Gasteiger charge is -2.28. The van der Waals surface area contributed by atoms with Gasteiger partial charge in [0.05, 0.1) is 27.9 Å². The standard InChI is InChI=1S/C30H49N5O4/c1-5-6-7-8-9-10-11-12-13-17-20-35-33-29(32-34-35)27(23-18-15-14-16-19-23)30(36)31-28-25(38-3)21-24(37-2)22-26(28)39-4/h21-23,27H,5-20H2,1-4H3,(H,31,36)/t27-/m1/s1. The molecule has 1 aliphatic carbocycles. The smallest absolute Gasteiger partial charge is 0.235 e. The Morgan fingerprint density at radius 2 is 1.49 bits per heavy atom. The lowest BCUT2D eigenvalue weighted by atomic mass is 9.79. The van der Waals surface area contributed by atoms with Gasteiger partial charge in [-0.25, -0.2) is 0 Å². The molecule has 1 atom stereocenters. The van der Waals surface area contributed by atoms with Gasteiger partial charge in [-0.2, -0.15) is 4.80 Å². The van der Waals surface area contributed by atoms with Gasteiger partial charge in [-0.3, -0.25) is 4.79 Å². The van der Waals surface area contributed by atoms with E-state index in [9.17, 15) is 4.79 Å². The van der Waals surface area contributed by atoms with E-state index >= 15 is 0 Å². The van der Waals surface area contributed by atoms with E-state index in [1.54, 1.807) is 38.3 Å². The fraction of sp³-hybridized carbons (Fsp3) is 0.733. The van der Waals surface area contributed by atoms with Crippen molar-refractivity contribution in [3.8, 4) is 17.2 Å². The third kappa shape index (κ3) is 9.39. The van der Waals surface area contributed by atoms with Gasteiger partial charge in [0.15, 0.2) is 5.82 Å². The first-order valence-electron chi connectivity index (χ1n) is 15.0. The zero-order valence-electron chi connectivity index (χ0n) is 24.5. The Bertz CT molecular complexity index is 964. The summed E-state index contributed by atoms with van der Waals surface area (Å²) in [5.74, 6) is 1.55. The summed E-state index contributed by atoms with van der Waals surface area (Å²) in [6.45, 7) is 2.98. The molecule has 9 heteroatoms. The molecule has 1 aliphatic rings. The summed E-state index contributed by atoms with van der Waals surface area (Å²) in [6.07, 6.45) is 18.2. The molecule has 1 heterocycles. The minimum absolute atomic E-state index is 0.165. The second-order valence-electron chi connectivity index (χ2n) is 10.7. The molecular formula is C30H49N5O4. The fourth-order valence-corrected chi connectivity index (χ4v) is 5.55. The van der Waals surface area contributed by atoms with Crippen molar-refractivity contribution in [2.24, 2.45) is 5.92 Å². The molecular weight excluding hydrogens is 494 g/mol. The molecule has 0 unspecified atom stereocenters. The zero-order valence-corrected chi connectivity index (χ0v) is 24.5. The molecule has 1 amide bonds. The van der Waals surface area contributed by atoms with Gasteiger partial charge >= 0.3 is 0 Å². The average molecular weight is 544 g/mol. The summed E-state index contributed by atoms with van der Waals surface area (Å²) in [4.78, 5) is 15.4. The molecule has 39 heavy (non-hydrogen) atoms. The Morgan fingerprint density at radius 1 is 0.897 bits per heavy atom. The van der Waals surface area contributed by atoms with E-state index in [-0.39, 0.29) is 11.8 Å². The number of amides is 1. The normalized spacial score (nSPS) is 14.7. The number of carbonyl (C=O) groups is 1. The van der Waals surface area contributed by atoms with Crippen LogP contribution < -0.4 is 19.5 Å². The third-order valence-electron chi connectivity index (χ3n) is 7.83. The summed E-state index contributed by atoms with van der Waals surface area (Å²) >= 11 is 0. The number of anilines is 1. The minimum Gasteiger partial charge on any atom is -0.496 e. The van der Waals surface area contributed by atoms with E-state index in [4.69, 9.17) is 14.2 Å². The largest absolute Gasteiger partial charge is 0.496 e. The van der Waals surface area contributed by atoms with Crippen molar-refractivity contribution in [2.45, 2.75) is 116 Å². The number of aromatic nitrogens is 4. The Kier molecular flexibility index (Phi) is 13.4. The summed E-state index contributed by atoms with van der Waals surface area (Å²) in [5, 5.41) is 16.4. The van der Waals surface area contributed by atoms with Gasteiger partial charge in [0.25, 0.3) is 0 Å². The van der Waals surface area contributed by atoms with Crippen molar-refractivity contribution >= 4 is 11.6 Å². The first-order valence-corrected chi connectivity index (χ1v) is 15.0. The first-order chi connectivity index (χ1) is 19.1. The highest BCUT2D eigenvalue weighted by Gasteiger charge is 2.35. The van der Waals surface area contributed by atoms with E-state index in [0.717, 1.165) is 45.1 Å². The molecule has 1 N–H and O–H groups in total. The SMILES string of the molecule is CCCCCCCCCCCCn1nnc([C@H](C(=O)Nc2c(OC)cc(OC)cc2OC)C2CCCCC2)n1. The number of tetrazole rings is 1. The van der Waals surface area contributed by atoms with Crippen molar-refractivity contribution in [2.75, 3.05) is 26.6 Å². The zero-order chi connectivity index (χ0) is 27.9. The van der Waals surface area contributed by atoms with Crippen LogP contribution in [0.1, 0.15) is 115 Å². The molecule has 0 bridgehead atoms. The van der Waals surface area contributed by atoms with Crippen molar-refractivity contribution in [1.82, 2.24) is 20.2 Å². The minimum atomic E-state index is -0.483. The number of unbranched alkanes of at least 4 members (excludes halogenated alkanes) is 9. The maximum absolute atomic E-state index is 13.8. The van der Waals surface area contributed by atoms with Crippen molar-refractivity contribution in [3.05, 3.63) is 18.0 Å². The molecule has 0 radical (unpaired) electrons. The van der Waals surface area contributed by atoms with Gasteiger partial charge in [0.1, 0.15) is 28.9 Å². The molecule has 3 rings (SSSR count). The second kappa shape index (κ2) is 17.0. The number of hydrogen-bond acceptors (Lipinski definition) is 7. The van der Waals surface area contributed by atoms with Gasteiger partial charge in [-0.05, 0) is 30.4 Å². The first kappa shape index (κ1) is 30.7. The number of rotatable bonds is 18. The highest BCUT2D eigenvalue weighted by Crippen LogP contribution is 2.41. The monoisotopic (exact) mass is 543 g/mol. The van der Waals surface area contributed by atoms with Gasteiger partial charge in [-0.15, -0.1) is 10.2 Å². The Labute approximate surface area is 234 Å². The fourth-order valence-electron chi connectivity index (χ4n) is 5.55. The van der Waals surface area contributed by atoms with E-state index in [2.05, 4.69) is 27.7 Å². The van der Waals surface area contributed by atoms with Crippen LogP contribution in [0, 0.1) is 5.92 Å². The maximum atomic E-state index is 13.8. The lowest BCUT2D eigenvalue weighted by molar-refractivity contribution is -0.119. The van der Waals surface area contributed by atoms with Crippen molar-refractivity contribution in [3.63, 3.8) is 0 Å². The van der Waals surface area contributed by atoms with Crippen LogP contribution in [0.25, 0.3) is 0 Å². The number of benzene rings is 1. The van der Waals surface area contributed by atoms with Crippen molar-refractivity contribution in [1.29, 1.82) is 0 Å². The Morgan fingerprint density at radius 3 is 2.05 bits per heavy atom. The molecule has 0 saturated heterocycles. The van der Waals surface area contributed by atoms with Crippen LogP contribution in [-0.2, 0) is 11.3 Å². The summed E-state index contributed by atoms with van der Waals surface area (Å²) < 4.78 is 16.4. The highest BCUT2D eigenvalue weighted by molar-refractivity contribution is 5.98. The number of hydrogen-bond donors (Lipinski definition) is 1. The van der Waals surface area contributed by atoms with Crippen LogP contribution in [0.5, 0.6) is 17.2 Å². The van der Waals surface area contributed by atoms with Crippen LogP contribution in [0.2, 0.25) is 0 Å². The predicted octanol–water partition coefficient (Wildman–Crippen LogP) is 6.92. The molecule has 1 saturated carbocycles. The highest BCUT2D eigenvalue weighted by atomic mass is 16.5. The molecule has 218 valence electrons. The van der Waals surface area contributed by atoms with Crippen LogP contribution in [0.15, 0.2) is 12.1 Å². The van der Waals surface area contributed by atoms with Crippen LogP contribution in [0.3, 0.4) is 0 Å². The lowest BCUT2D eigenvalue weighted by Crippen LogP contribution is -2.30. The second-order valence-corrected chi connectivity index (χ2v) is 10.7. The molecule has 1 aromatic carbocycles. The van der Waals surface area contributed by atoms with Crippen LogP contribution in [0.4, 0.5) is 5.69 Å². The molecule has 1 aromatic heterocycles. The molecule has 9 nitrogen and oxygen atoms in total.